The first-order valence-electron chi connectivity index (χ1n) is 4.42. The maximum Gasteiger partial charge on any atom is 0.182 e. The van der Waals surface area contributed by atoms with Crippen LogP contribution in [0.3, 0.4) is 0 Å². The molecule has 3 nitrogen and oxygen atoms in total. The van der Waals surface area contributed by atoms with Gasteiger partial charge in [-0.15, -0.1) is 0 Å². The van der Waals surface area contributed by atoms with Crippen LogP contribution in [0, 0.1) is 11.6 Å². The number of halogens is 2. The van der Waals surface area contributed by atoms with Gasteiger partial charge in [-0.3, -0.25) is 4.79 Å². The van der Waals surface area contributed by atoms with Gasteiger partial charge in [-0.2, -0.15) is 0 Å². The van der Waals surface area contributed by atoms with Gasteiger partial charge in [-0.25, -0.2) is 8.78 Å². The molecule has 0 amide bonds. The number of hydrogen-bond donors (Lipinski definition) is 2. The monoisotopic (exact) mass is 215 g/mol. The molecule has 0 fully saturated rings. The lowest BCUT2D eigenvalue weighted by atomic mass is 10.0. The van der Waals surface area contributed by atoms with Crippen LogP contribution in [0.1, 0.15) is 16.8 Å². The van der Waals surface area contributed by atoms with Gasteiger partial charge in [-0.1, -0.05) is 0 Å². The van der Waals surface area contributed by atoms with Gasteiger partial charge < -0.3 is 10.8 Å². The Morgan fingerprint density at radius 3 is 2.67 bits per heavy atom. The summed E-state index contributed by atoms with van der Waals surface area (Å²) < 4.78 is 25.7. The lowest BCUT2D eigenvalue weighted by Crippen LogP contribution is -2.32. The molecule has 1 aromatic carbocycles. The van der Waals surface area contributed by atoms with E-state index in [0.29, 0.717) is 6.07 Å². The Morgan fingerprint density at radius 1 is 1.47 bits per heavy atom. The van der Waals surface area contributed by atoms with Gasteiger partial charge in [0.25, 0.3) is 0 Å². The highest BCUT2D eigenvalue weighted by Crippen LogP contribution is 2.12. The second kappa shape index (κ2) is 4.95. The Bertz CT molecular complexity index is 368. The minimum absolute atomic E-state index is 0.0512. The Hall–Kier alpha value is -1.33. The maximum absolute atomic E-state index is 13.1. The van der Waals surface area contributed by atoms with E-state index in [4.69, 9.17) is 10.8 Å². The minimum Gasteiger partial charge on any atom is -0.396 e. The number of hydrogen-bond acceptors (Lipinski definition) is 3. The van der Waals surface area contributed by atoms with Gasteiger partial charge in [-0.05, 0) is 18.6 Å². The van der Waals surface area contributed by atoms with E-state index in [1.807, 2.05) is 0 Å². The molecule has 0 aliphatic heterocycles. The average Bonchev–Trinajstić information content (AvgIpc) is 2.17. The Labute approximate surface area is 85.5 Å². The zero-order valence-corrected chi connectivity index (χ0v) is 7.91. The Morgan fingerprint density at radius 2 is 2.13 bits per heavy atom. The molecule has 1 unspecified atom stereocenters. The summed E-state index contributed by atoms with van der Waals surface area (Å²) in [4.78, 5) is 11.5. The van der Waals surface area contributed by atoms with Crippen LogP contribution in [0.25, 0.3) is 0 Å². The number of ketones is 1. The van der Waals surface area contributed by atoms with Crippen LogP contribution in [0.2, 0.25) is 0 Å². The van der Waals surface area contributed by atoms with Crippen LogP contribution < -0.4 is 5.73 Å². The van der Waals surface area contributed by atoms with E-state index in [1.54, 1.807) is 0 Å². The van der Waals surface area contributed by atoms with Crippen molar-refractivity contribution in [3.05, 3.63) is 35.4 Å². The third-order valence-corrected chi connectivity index (χ3v) is 1.97. The van der Waals surface area contributed by atoms with Crippen molar-refractivity contribution in [3.63, 3.8) is 0 Å². The molecule has 3 N–H and O–H groups in total. The number of nitrogens with two attached hydrogens (primary N) is 1. The summed E-state index contributed by atoms with van der Waals surface area (Å²) in [5, 5.41) is 8.56. The first-order valence-corrected chi connectivity index (χ1v) is 4.42. The van der Waals surface area contributed by atoms with Crippen LogP contribution in [0.15, 0.2) is 18.2 Å². The summed E-state index contributed by atoms with van der Waals surface area (Å²) >= 11 is 0. The molecule has 82 valence electrons. The van der Waals surface area contributed by atoms with Crippen LogP contribution in [0.4, 0.5) is 8.78 Å². The molecule has 0 heterocycles. The number of aliphatic hydroxyl groups is 1. The molecule has 1 aromatic rings. The summed E-state index contributed by atoms with van der Waals surface area (Å²) in [5.74, 6) is -2.32. The Kier molecular flexibility index (Phi) is 3.88. The molecule has 0 radical (unpaired) electrons. The van der Waals surface area contributed by atoms with Crippen molar-refractivity contribution in [2.24, 2.45) is 5.73 Å². The van der Waals surface area contributed by atoms with E-state index < -0.39 is 23.5 Å². The average molecular weight is 215 g/mol. The molecule has 1 rings (SSSR count). The third kappa shape index (κ3) is 2.81. The SMILES string of the molecule is NC(CCO)C(=O)c1ccc(F)cc1F. The summed E-state index contributed by atoms with van der Waals surface area (Å²) in [6.07, 6.45) is 0.0512. The van der Waals surface area contributed by atoms with Crippen molar-refractivity contribution in [2.45, 2.75) is 12.5 Å². The molecule has 0 aliphatic carbocycles. The molecule has 0 aromatic heterocycles. The molecule has 0 saturated carbocycles. The first-order chi connectivity index (χ1) is 7.06. The fourth-order valence-corrected chi connectivity index (χ4v) is 1.16. The molecule has 15 heavy (non-hydrogen) atoms. The molecule has 5 heteroatoms. The highest BCUT2D eigenvalue weighted by atomic mass is 19.1. The van der Waals surface area contributed by atoms with Gasteiger partial charge in [0.15, 0.2) is 5.78 Å². The second-order valence-electron chi connectivity index (χ2n) is 3.11. The smallest absolute Gasteiger partial charge is 0.182 e. The normalized spacial score (nSPS) is 12.5. The number of Topliss-reactive ketones (excluding diaryl/α,β-unsaturated/α-hetero) is 1. The topological polar surface area (TPSA) is 63.3 Å². The van der Waals surface area contributed by atoms with Crippen LogP contribution in [0.5, 0.6) is 0 Å². The lowest BCUT2D eigenvalue weighted by molar-refractivity contribution is 0.0941. The fraction of sp³-hybridized carbons (Fsp3) is 0.300. The molecule has 0 aliphatic rings. The van der Waals surface area contributed by atoms with Crippen molar-refractivity contribution in [1.29, 1.82) is 0 Å². The van der Waals surface area contributed by atoms with Crippen LogP contribution in [-0.4, -0.2) is 23.5 Å². The molecule has 1 atom stereocenters. The van der Waals surface area contributed by atoms with E-state index in [2.05, 4.69) is 0 Å². The summed E-state index contributed by atoms with van der Waals surface area (Å²) in [6.45, 7) is -0.254. The zero-order valence-electron chi connectivity index (χ0n) is 7.91. The van der Waals surface area contributed by atoms with E-state index >= 15 is 0 Å². The maximum atomic E-state index is 13.1. The van der Waals surface area contributed by atoms with E-state index in [1.165, 1.54) is 0 Å². The van der Waals surface area contributed by atoms with Gasteiger partial charge in [0.05, 0.1) is 11.6 Å². The number of benzene rings is 1. The standard InChI is InChI=1S/C10H11F2NO2/c11-6-1-2-7(8(12)5-6)10(15)9(13)3-4-14/h1-2,5,9,14H,3-4,13H2. The number of carbonyl (C=O) groups is 1. The van der Waals surface area contributed by atoms with Crippen LogP contribution in [-0.2, 0) is 0 Å². The summed E-state index contributed by atoms with van der Waals surface area (Å²) in [7, 11) is 0. The van der Waals surface area contributed by atoms with Gasteiger partial charge in [0.2, 0.25) is 0 Å². The Balaban J connectivity index is 2.91. The first kappa shape index (κ1) is 11.7. The molecule has 0 bridgehead atoms. The van der Waals surface area contributed by atoms with Crippen molar-refractivity contribution in [2.75, 3.05) is 6.61 Å². The second-order valence-corrected chi connectivity index (χ2v) is 3.11. The minimum atomic E-state index is -0.963. The predicted molar refractivity (Wildman–Crippen MR) is 50.4 cm³/mol. The highest BCUT2D eigenvalue weighted by Gasteiger charge is 2.18. The third-order valence-electron chi connectivity index (χ3n) is 1.97. The fourth-order valence-electron chi connectivity index (χ4n) is 1.16. The van der Waals surface area contributed by atoms with Gasteiger partial charge in [0.1, 0.15) is 11.6 Å². The van der Waals surface area contributed by atoms with E-state index in [0.717, 1.165) is 12.1 Å². The quantitative estimate of drug-likeness (QED) is 0.732. The number of aliphatic hydroxyl groups excluding tert-OH is 1. The summed E-state index contributed by atoms with van der Waals surface area (Å²) in [5.41, 5.74) is 5.14. The number of carbonyl (C=O) groups excluding carboxylic acids is 1. The van der Waals surface area contributed by atoms with Gasteiger partial charge in [0, 0.05) is 12.7 Å². The van der Waals surface area contributed by atoms with Crippen molar-refractivity contribution >= 4 is 5.78 Å². The lowest BCUT2D eigenvalue weighted by Gasteiger charge is -2.09. The molecular weight excluding hydrogens is 204 g/mol. The molecular formula is C10H11F2NO2. The molecule has 0 saturated heterocycles. The van der Waals surface area contributed by atoms with Crippen molar-refractivity contribution < 1.29 is 18.7 Å². The van der Waals surface area contributed by atoms with Crippen molar-refractivity contribution in [3.8, 4) is 0 Å². The van der Waals surface area contributed by atoms with E-state index in [9.17, 15) is 13.6 Å². The summed E-state index contributed by atoms with van der Waals surface area (Å²) in [6, 6.07) is 1.69. The van der Waals surface area contributed by atoms with Crippen LogP contribution >= 0.6 is 0 Å². The molecule has 0 spiro atoms. The van der Waals surface area contributed by atoms with Gasteiger partial charge >= 0.3 is 0 Å². The van der Waals surface area contributed by atoms with E-state index in [-0.39, 0.29) is 18.6 Å². The number of rotatable bonds is 4. The predicted octanol–water partition coefficient (Wildman–Crippen LogP) is 0.857. The largest absolute Gasteiger partial charge is 0.396 e. The van der Waals surface area contributed by atoms with Crippen molar-refractivity contribution in [1.82, 2.24) is 0 Å². The highest BCUT2D eigenvalue weighted by molar-refractivity contribution is 6.00. The zero-order chi connectivity index (χ0) is 11.4.